The molecule has 0 bridgehead atoms. The van der Waals surface area contributed by atoms with Crippen LogP contribution in [0.4, 0.5) is 11.4 Å². The van der Waals surface area contributed by atoms with Crippen LogP contribution < -0.4 is 4.90 Å². The molecule has 0 spiro atoms. The second-order valence-corrected chi connectivity index (χ2v) is 19.2. The lowest BCUT2D eigenvalue weighted by Gasteiger charge is -2.50. The fraction of sp³-hybridized carbons (Fsp3) is 0.127. The topological polar surface area (TPSA) is 16.1 Å². The zero-order valence-electron chi connectivity index (χ0n) is 36.7. The van der Waals surface area contributed by atoms with E-state index in [1.54, 1.807) is 0 Å². The molecule has 1 fully saturated rings. The normalized spacial score (nSPS) is 18.5. The predicted molar refractivity (Wildman–Crippen MR) is 276 cm³/mol. The van der Waals surface area contributed by atoms with Crippen molar-refractivity contribution in [2.24, 2.45) is 0 Å². The van der Waals surface area contributed by atoms with E-state index in [1.807, 2.05) is 0 Å². The number of hydrogen-bond acceptors (Lipinski definition) is 2. The summed E-state index contributed by atoms with van der Waals surface area (Å²) in [4.78, 5) is 8.21. The van der Waals surface area contributed by atoms with Crippen molar-refractivity contribution in [3.63, 3.8) is 0 Å². The molecule has 2 atom stereocenters. The second-order valence-electron chi connectivity index (χ2n) is 19.2. The zero-order valence-corrected chi connectivity index (χ0v) is 36.7. The molecule has 308 valence electrons. The second kappa shape index (κ2) is 13.5. The molecular formula is C63H46N2. The Morgan fingerprint density at radius 3 is 1.62 bits per heavy atom. The summed E-state index contributed by atoms with van der Waals surface area (Å²) in [5.74, 6) is 0. The number of pyridine rings is 1. The van der Waals surface area contributed by atoms with Crippen LogP contribution in [0.2, 0.25) is 0 Å². The third-order valence-corrected chi connectivity index (χ3v) is 16.1. The summed E-state index contributed by atoms with van der Waals surface area (Å²) in [6.07, 6.45) is 4.87. The number of nitrogens with zero attached hydrogens (tertiary/aromatic N) is 2. The number of hydrogen-bond donors (Lipinski definition) is 0. The SMILES string of the molecule is CC12CCCCC1(C)N(c1ccccc1)c1ccc(-c3cccc(-c4ccc5c6c(-c7ccccc7)c7c8cccc9cccc(c7c(-c7ccccc7)c6c6cccc4c65)c98)n3)cc12. The molecule has 12 aromatic rings. The number of benzene rings is 9. The van der Waals surface area contributed by atoms with Gasteiger partial charge >= 0.3 is 0 Å². The quantitative estimate of drug-likeness (QED) is 0.172. The van der Waals surface area contributed by atoms with Crippen molar-refractivity contribution in [3.05, 3.63) is 200 Å². The van der Waals surface area contributed by atoms with E-state index in [4.69, 9.17) is 4.98 Å². The molecule has 1 aromatic heterocycles. The van der Waals surface area contributed by atoms with Crippen molar-refractivity contribution in [1.29, 1.82) is 0 Å². The monoisotopic (exact) mass is 830 g/mol. The van der Waals surface area contributed by atoms with Crippen LogP contribution in [0.5, 0.6) is 0 Å². The van der Waals surface area contributed by atoms with Gasteiger partial charge in [-0.1, -0.05) is 177 Å². The molecule has 1 aliphatic carbocycles. The van der Waals surface area contributed by atoms with Crippen LogP contribution in [0.15, 0.2) is 194 Å². The van der Waals surface area contributed by atoms with Gasteiger partial charge in [-0.2, -0.15) is 0 Å². The highest BCUT2D eigenvalue weighted by atomic mass is 15.3. The van der Waals surface area contributed by atoms with E-state index in [1.165, 1.54) is 135 Å². The Bertz CT molecular complexity index is 3730. The van der Waals surface area contributed by atoms with Gasteiger partial charge in [-0.15, -0.1) is 0 Å². The lowest BCUT2D eigenvalue weighted by atomic mass is 9.61. The molecule has 1 aliphatic heterocycles. The molecular weight excluding hydrogens is 785 g/mol. The van der Waals surface area contributed by atoms with Gasteiger partial charge in [-0.05, 0) is 149 Å². The van der Waals surface area contributed by atoms with Crippen molar-refractivity contribution >= 4 is 76.0 Å². The highest BCUT2D eigenvalue weighted by molar-refractivity contribution is 6.46. The fourth-order valence-electron chi connectivity index (χ4n) is 13.0. The van der Waals surface area contributed by atoms with E-state index in [0.29, 0.717) is 0 Å². The number of aromatic nitrogens is 1. The summed E-state index contributed by atoms with van der Waals surface area (Å²) in [6, 6.07) is 72.5. The van der Waals surface area contributed by atoms with Crippen LogP contribution in [0.1, 0.15) is 45.1 Å². The first-order valence-electron chi connectivity index (χ1n) is 23.4. The molecule has 1 saturated carbocycles. The van der Waals surface area contributed by atoms with Gasteiger partial charge < -0.3 is 4.90 Å². The van der Waals surface area contributed by atoms with Gasteiger partial charge in [0.25, 0.3) is 0 Å². The summed E-state index contributed by atoms with van der Waals surface area (Å²) in [5.41, 5.74) is 13.6. The standard InChI is InChI=1S/C63H46N2/c1-62-36-12-13-37-63(62,2)65(43-24-10-5-11-25-43)53-35-32-42(38-50(53)62)51-30-17-31-52(64-51)44-33-34-49-57-45(44)26-16-29-48(57)60-55(40-18-6-3-7-19-40)58-46-27-14-22-39-23-15-28-47(54(39)46)59(58)56(61(49)60)41-20-8-4-9-21-41/h3-11,14-35,38H,12-13,36-37H2,1-2H3. The van der Waals surface area contributed by atoms with Gasteiger partial charge in [0.05, 0.1) is 16.9 Å². The van der Waals surface area contributed by atoms with Crippen LogP contribution in [-0.4, -0.2) is 10.5 Å². The Morgan fingerprint density at radius 2 is 0.954 bits per heavy atom. The fourth-order valence-corrected chi connectivity index (χ4v) is 13.0. The van der Waals surface area contributed by atoms with Crippen LogP contribution in [0.3, 0.4) is 0 Å². The summed E-state index contributed by atoms with van der Waals surface area (Å²) < 4.78 is 0. The molecule has 2 heteroatoms. The average Bonchev–Trinajstić information content (AvgIpc) is 3.94. The lowest BCUT2D eigenvalue weighted by molar-refractivity contribution is 0.195. The Kier molecular flexibility index (Phi) is 7.65. The Labute approximate surface area is 379 Å². The molecule has 0 amide bonds. The molecule has 0 saturated heterocycles. The first-order chi connectivity index (χ1) is 32.0. The van der Waals surface area contributed by atoms with E-state index in [9.17, 15) is 0 Å². The first kappa shape index (κ1) is 36.9. The molecule has 2 unspecified atom stereocenters. The summed E-state index contributed by atoms with van der Waals surface area (Å²) in [5, 5.41) is 15.7. The van der Waals surface area contributed by atoms with Gasteiger partial charge in [0.2, 0.25) is 0 Å². The Morgan fingerprint density at radius 1 is 0.415 bits per heavy atom. The van der Waals surface area contributed by atoms with Crippen molar-refractivity contribution in [2.75, 3.05) is 4.90 Å². The highest BCUT2D eigenvalue weighted by Crippen LogP contribution is 2.61. The average molecular weight is 831 g/mol. The van der Waals surface area contributed by atoms with Crippen LogP contribution in [0, 0.1) is 0 Å². The third-order valence-electron chi connectivity index (χ3n) is 16.1. The number of rotatable bonds is 5. The Hall–Kier alpha value is -7.55. The van der Waals surface area contributed by atoms with E-state index < -0.39 is 0 Å². The maximum absolute atomic E-state index is 5.55. The zero-order chi connectivity index (χ0) is 43.0. The van der Waals surface area contributed by atoms with Gasteiger partial charge in [-0.25, -0.2) is 4.98 Å². The molecule has 2 nitrogen and oxygen atoms in total. The summed E-state index contributed by atoms with van der Waals surface area (Å²) in [6.45, 7) is 5.02. The van der Waals surface area contributed by atoms with Gasteiger partial charge in [0.15, 0.2) is 0 Å². The number of anilines is 2. The molecule has 11 aromatic carbocycles. The van der Waals surface area contributed by atoms with Crippen LogP contribution in [-0.2, 0) is 5.41 Å². The minimum Gasteiger partial charge on any atom is -0.334 e. The molecule has 0 N–H and O–H groups in total. The van der Waals surface area contributed by atoms with Crippen molar-refractivity contribution in [2.45, 2.75) is 50.5 Å². The molecule has 2 heterocycles. The first-order valence-corrected chi connectivity index (χ1v) is 23.4. The maximum Gasteiger partial charge on any atom is 0.0715 e. The van der Waals surface area contributed by atoms with Gasteiger partial charge in [-0.3, -0.25) is 0 Å². The van der Waals surface area contributed by atoms with Crippen molar-refractivity contribution < 1.29 is 0 Å². The van der Waals surface area contributed by atoms with Crippen molar-refractivity contribution in [3.8, 4) is 44.8 Å². The number of fused-ring (bicyclic) bond motifs is 9. The predicted octanol–water partition coefficient (Wildman–Crippen LogP) is 17.3. The smallest absolute Gasteiger partial charge is 0.0715 e. The molecule has 14 rings (SSSR count). The van der Waals surface area contributed by atoms with E-state index in [0.717, 1.165) is 17.0 Å². The maximum atomic E-state index is 5.55. The van der Waals surface area contributed by atoms with Gasteiger partial charge in [0, 0.05) is 27.9 Å². The summed E-state index contributed by atoms with van der Waals surface area (Å²) in [7, 11) is 0. The largest absolute Gasteiger partial charge is 0.334 e. The van der Waals surface area contributed by atoms with E-state index in [2.05, 4.69) is 213 Å². The number of para-hydroxylation sites is 1. The highest BCUT2D eigenvalue weighted by Gasteiger charge is 2.57. The summed E-state index contributed by atoms with van der Waals surface area (Å²) >= 11 is 0. The van der Waals surface area contributed by atoms with Crippen LogP contribution in [0.25, 0.3) is 109 Å². The van der Waals surface area contributed by atoms with Crippen molar-refractivity contribution in [1.82, 2.24) is 4.98 Å². The molecule has 2 aliphatic rings. The van der Waals surface area contributed by atoms with Crippen LogP contribution >= 0.6 is 0 Å². The lowest BCUT2D eigenvalue weighted by Crippen LogP contribution is -2.54. The third kappa shape index (κ3) is 4.92. The minimum atomic E-state index is 0.00265. The minimum absolute atomic E-state index is 0.00265. The molecule has 65 heavy (non-hydrogen) atoms. The van der Waals surface area contributed by atoms with E-state index >= 15 is 0 Å². The molecule has 0 radical (unpaired) electrons. The van der Waals surface area contributed by atoms with Gasteiger partial charge in [0.1, 0.15) is 0 Å². The Balaban J connectivity index is 1.02. The van der Waals surface area contributed by atoms with E-state index in [-0.39, 0.29) is 11.0 Å².